The number of nitrogens with zero attached hydrogens (tertiary/aromatic N) is 5. The van der Waals surface area contributed by atoms with Crippen molar-refractivity contribution in [1.29, 1.82) is 0 Å². The highest BCUT2D eigenvalue weighted by Gasteiger charge is 2.34. The highest BCUT2D eigenvalue weighted by molar-refractivity contribution is 5.95. The van der Waals surface area contributed by atoms with Crippen LogP contribution in [0.5, 0.6) is 0 Å². The lowest BCUT2D eigenvalue weighted by Crippen LogP contribution is -2.60. The molecule has 4 rings (SSSR count). The Morgan fingerprint density at radius 1 is 1.33 bits per heavy atom. The summed E-state index contributed by atoms with van der Waals surface area (Å²) < 4.78 is 7.22. The topological polar surface area (TPSA) is 66.9 Å². The molecule has 1 aliphatic heterocycles. The monoisotopic (exact) mass is 325 g/mol. The highest BCUT2D eigenvalue weighted by Crippen LogP contribution is 2.24. The van der Waals surface area contributed by atoms with Gasteiger partial charge in [0, 0.05) is 32.5 Å². The van der Waals surface area contributed by atoms with Crippen LogP contribution in [0.2, 0.25) is 0 Å². The molecule has 7 heteroatoms. The molecule has 1 saturated heterocycles. The zero-order chi connectivity index (χ0) is 16.8. The molecule has 4 heterocycles. The summed E-state index contributed by atoms with van der Waals surface area (Å²) in [5, 5.41) is 4.53. The van der Waals surface area contributed by atoms with E-state index in [0.717, 1.165) is 30.3 Å². The number of carbonyl (C=O) groups is 1. The fraction of sp³-hybridized carbons (Fsp3) is 0.353. The Morgan fingerprint density at radius 3 is 2.83 bits per heavy atom. The molecule has 1 amide bonds. The van der Waals surface area contributed by atoms with Crippen LogP contribution in [0.1, 0.15) is 21.9 Å². The van der Waals surface area contributed by atoms with Gasteiger partial charge in [-0.2, -0.15) is 0 Å². The van der Waals surface area contributed by atoms with Gasteiger partial charge in [0.1, 0.15) is 17.3 Å². The lowest BCUT2D eigenvalue weighted by atomic mass is 10.1. The maximum absolute atomic E-state index is 12.6. The number of fused-ring (bicyclic) bond motifs is 1. The Morgan fingerprint density at radius 2 is 2.12 bits per heavy atom. The molecule has 3 aromatic heterocycles. The third kappa shape index (κ3) is 2.33. The minimum absolute atomic E-state index is 0.00650. The second-order valence-electron chi connectivity index (χ2n) is 6.22. The summed E-state index contributed by atoms with van der Waals surface area (Å²) >= 11 is 0. The molecule has 0 aromatic carbocycles. The van der Waals surface area contributed by atoms with E-state index in [1.54, 1.807) is 21.7 Å². The number of rotatable bonds is 3. The van der Waals surface area contributed by atoms with Gasteiger partial charge in [0.2, 0.25) is 0 Å². The fourth-order valence-electron chi connectivity index (χ4n) is 3.06. The van der Waals surface area contributed by atoms with Gasteiger partial charge < -0.3 is 14.2 Å². The molecule has 0 spiro atoms. The summed E-state index contributed by atoms with van der Waals surface area (Å²) in [5.41, 5.74) is 1.47. The number of aromatic nitrogens is 3. The summed E-state index contributed by atoms with van der Waals surface area (Å²) in [6.07, 6.45) is 3.56. The maximum atomic E-state index is 12.6. The quantitative estimate of drug-likeness (QED) is 0.736. The lowest BCUT2D eigenvalue weighted by molar-refractivity contribution is 0.0703. The van der Waals surface area contributed by atoms with E-state index in [0.29, 0.717) is 11.3 Å². The summed E-state index contributed by atoms with van der Waals surface area (Å²) in [6.45, 7) is 5.22. The number of amides is 1. The predicted octanol–water partition coefficient (Wildman–Crippen LogP) is 1.90. The third-order valence-corrected chi connectivity index (χ3v) is 4.57. The number of anilines is 1. The van der Waals surface area contributed by atoms with Crippen LogP contribution in [0.25, 0.3) is 5.65 Å². The van der Waals surface area contributed by atoms with E-state index in [1.807, 2.05) is 39.2 Å². The normalized spacial score (nSPS) is 14.9. The minimum Gasteiger partial charge on any atom is -0.466 e. The zero-order valence-corrected chi connectivity index (χ0v) is 13.9. The van der Waals surface area contributed by atoms with Gasteiger partial charge in [0.25, 0.3) is 5.91 Å². The Kier molecular flexibility index (Phi) is 3.30. The number of hydrogen-bond acceptors (Lipinski definition) is 5. The van der Waals surface area contributed by atoms with E-state index in [-0.39, 0.29) is 11.9 Å². The number of furan rings is 1. The van der Waals surface area contributed by atoms with Crippen molar-refractivity contribution in [3.05, 3.63) is 47.7 Å². The second-order valence-corrected chi connectivity index (χ2v) is 6.22. The molecule has 0 radical (unpaired) electrons. The first-order valence-electron chi connectivity index (χ1n) is 7.92. The number of carbonyl (C=O) groups excluding carboxylic acids is 1. The van der Waals surface area contributed by atoms with Gasteiger partial charge in [0.15, 0.2) is 5.65 Å². The average Bonchev–Trinajstić information content (AvgIpc) is 3.10. The van der Waals surface area contributed by atoms with Gasteiger partial charge in [-0.05, 0) is 32.0 Å². The van der Waals surface area contributed by atoms with Crippen LogP contribution in [0, 0.1) is 13.8 Å². The van der Waals surface area contributed by atoms with Crippen LogP contribution in [-0.4, -0.2) is 51.6 Å². The largest absolute Gasteiger partial charge is 0.466 e. The van der Waals surface area contributed by atoms with Crippen LogP contribution < -0.4 is 4.90 Å². The molecule has 0 N–H and O–H groups in total. The molecule has 3 aromatic rings. The molecular formula is C17H19N5O2. The number of hydrogen-bond donors (Lipinski definition) is 0. The smallest absolute Gasteiger partial charge is 0.257 e. The molecule has 24 heavy (non-hydrogen) atoms. The van der Waals surface area contributed by atoms with Crippen molar-refractivity contribution in [1.82, 2.24) is 19.5 Å². The van der Waals surface area contributed by atoms with Crippen LogP contribution in [0.15, 0.2) is 35.0 Å². The Hall–Kier alpha value is -2.83. The van der Waals surface area contributed by atoms with Crippen molar-refractivity contribution in [2.24, 2.45) is 0 Å². The summed E-state index contributed by atoms with van der Waals surface area (Å²) in [5.74, 6) is 2.34. The minimum atomic E-state index is 0.00650. The van der Waals surface area contributed by atoms with E-state index in [4.69, 9.17) is 4.42 Å². The first kappa shape index (κ1) is 14.7. The lowest BCUT2D eigenvalue weighted by Gasteiger charge is -2.44. The average molecular weight is 325 g/mol. The van der Waals surface area contributed by atoms with Crippen LogP contribution in [-0.2, 0) is 0 Å². The molecule has 0 saturated carbocycles. The van der Waals surface area contributed by atoms with Gasteiger partial charge >= 0.3 is 0 Å². The van der Waals surface area contributed by atoms with Crippen LogP contribution >= 0.6 is 0 Å². The van der Waals surface area contributed by atoms with Gasteiger partial charge in [-0.25, -0.2) is 9.50 Å². The van der Waals surface area contributed by atoms with Crippen molar-refractivity contribution >= 4 is 17.4 Å². The second kappa shape index (κ2) is 5.36. The van der Waals surface area contributed by atoms with E-state index in [1.165, 1.54) is 0 Å². The van der Waals surface area contributed by atoms with E-state index >= 15 is 0 Å². The molecule has 1 aliphatic rings. The van der Waals surface area contributed by atoms with Gasteiger partial charge in [-0.15, -0.1) is 5.10 Å². The molecule has 124 valence electrons. The van der Waals surface area contributed by atoms with Crippen molar-refractivity contribution in [2.45, 2.75) is 19.9 Å². The predicted molar refractivity (Wildman–Crippen MR) is 89.3 cm³/mol. The fourth-order valence-corrected chi connectivity index (χ4v) is 3.06. The summed E-state index contributed by atoms with van der Waals surface area (Å²) in [6, 6.07) is 5.89. The van der Waals surface area contributed by atoms with E-state index in [2.05, 4.69) is 15.0 Å². The Balaban J connectivity index is 1.44. The van der Waals surface area contributed by atoms with Crippen molar-refractivity contribution < 1.29 is 9.21 Å². The van der Waals surface area contributed by atoms with Gasteiger partial charge in [-0.3, -0.25) is 4.79 Å². The maximum Gasteiger partial charge on any atom is 0.257 e. The third-order valence-electron chi connectivity index (χ3n) is 4.57. The molecule has 0 aliphatic carbocycles. The van der Waals surface area contributed by atoms with E-state index < -0.39 is 0 Å². The number of imidazole rings is 1. The standard InChI is InChI=1S/C17H19N5O2/c1-11-8-14(12(2)24-11)17(23)20(3)13-9-21(10-13)16-5-4-15-18-6-7-22(15)19-16/h4-8,13H,9-10H2,1-3H3. The molecular weight excluding hydrogens is 306 g/mol. The van der Waals surface area contributed by atoms with Gasteiger partial charge in [0.05, 0.1) is 11.6 Å². The van der Waals surface area contributed by atoms with Crippen molar-refractivity contribution in [3.8, 4) is 0 Å². The van der Waals surface area contributed by atoms with Crippen LogP contribution in [0.4, 0.5) is 5.82 Å². The SMILES string of the molecule is Cc1cc(C(=O)N(C)C2CN(c3ccc4nccn4n3)C2)c(C)o1. The van der Waals surface area contributed by atoms with E-state index in [9.17, 15) is 4.79 Å². The molecule has 0 unspecified atom stereocenters. The molecule has 0 atom stereocenters. The van der Waals surface area contributed by atoms with Crippen LogP contribution in [0.3, 0.4) is 0 Å². The number of likely N-dealkylation sites (N-methyl/N-ethyl adjacent to an activating group) is 1. The summed E-state index contributed by atoms with van der Waals surface area (Å²) in [4.78, 5) is 20.8. The molecule has 7 nitrogen and oxygen atoms in total. The first-order valence-corrected chi connectivity index (χ1v) is 7.92. The highest BCUT2D eigenvalue weighted by atomic mass is 16.3. The van der Waals surface area contributed by atoms with Crippen molar-refractivity contribution in [2.75, 3.05) is 25.0 Å². The zero-order valence-electron chi connectivity index (χ0n) is 13.9. The number of aryl methyl sites for hydroxylation is 2. The first-order chi connectivity index (χ1) is 11.5. The Bertz CT molecular complexity index is 907. The van der Waals surface area contributed by atoms with Crippen molar-refractivity contribution in [3.63, 3.8) is 0 Å². The molecule has 0 bridgehead atoms. The summed E-state index contributed by atoms with van der Waals surface area (Å²) in [7, 11) is 1.85. The van der Waals surface area contributed by atoms with Gasteiger partial charge in [-0.1, -0.05) is 0 Å². The molecule has 1 fully saturated rings. The Labute approximate surface area is 139 Å².